The molecule has 0 amide bonds. The summed E-state index contributed by atoms with van der Waals surface area (Å²) in [5.74, 6) is 0.866. The van der Waals surface area contributed by atoms with E-state index in [0.29, 0.717) is 0 Å². The molecule has 3 aromatic heterocycles. The Morgan fingerprint density at radius 1 is 1.07 bits per heavy atom. The quantitative estimate of drug-likeness (QED) is 0.426. The number of hydrogen-bond donors (Lipinski definition) is 0. The third-order valence-electron chi connectivity index (χ3n) is 4.82. The van der Waals surface area contributed by atoms with Crippen molar-refractivity contribution in [2.75, 3.05) is 7.11 Å². The first-order valence-electron chi connectivity index (χ1n) is 8.71. The summed E-state index contributed by atoms with van der Waals surface area (Å²) in [6, 6.07) is 14.8. The molecule has 27 heavy (non-hydrogen) atoms. The predicted octanol–water partition coefficient (Wildman–Crippen LogP) is 5.37. The number of fused-ring (bicyclic) bond motifs is 3. The summed E-state index contributed by atoms with van der Waals surface area (Å²) < 4.78 is 8.96. The average molecular weight is 371 g/mol. The van der Waals surface area contributed by atoms with Crippen molar-refractivity contribution < 1.29 is 4.74 Å². The fraction of sp³-hybridized carbons (Fsp3) is 0.0909. The molecule has 2 aromatic carbocycles. The van der Waals surface area contributed by atoms with E-state index in [2.05, 4.69) is 50.2 Å². The van der Waals surface area contributed by atoms with Crippen LogP contribution in [0.5, 0.6) is 5.75 Å². The van der Waals surface area contributed by atoms with Crippen molar-refractivity contribution in [3.05, 3.63) is 78.3 Å². The van der Waals surface area contributed by atoms with Crippen molar-refractivity contribution >= 4 is 32.3 Å². The molecule has 5 heteroatoms. The zero-order valence-corrected chi connectivity index (χ0v) is 15.6. The topological polar surface area (TPSA) is 39.9 Å². The van der Waals surface area contributed by atoms with Gasteiger partial charge in [0, 0.05) is 41.5 Å². The van der Waals surface area contributed by atoms with Gasteiger partial charge >= 0.3 is 0 Å². The number of aromatic nitrogens is 3. The fourth-order valence-corrected chi connectivity index (χ4v) is 4.29. The van der Waals surface area contributed by atoms with Crippen molar-refractivity contribution in [3.8, 4) is 16.9 Å². The van der Waals surface area contributed by atoms with Gasteiger partial charge in [-0.1, -0.05) is 24.3 Å². The SMILES string of the molecule is COc1ccc2ncc3sccc3c2c1-c1ccc(Cn2ccnc2)cc1. The zero-order chi connectivity index (χ0) is 18.2. The molecule has 132 valence electrons. The van der Waals surface area contributed by atoms with Crippen molar-refractivity contribution in [1.82, 2.24) is 14.5 Å². The molecule has 4 nitrogen and oxygen atoms in total. The molecule has 0 unspecified atom stereocenters. The van der Waals surface area contributed by atoms with Crippen LogP contribution in [-0.4, -0.2) is 21.6 Å². The summed E-state index contributed by atoms with van der Waals surface area (Å²) in [4.78, 5) is 8.76. The maximum Gasteiger partial charge on any atom is 0.127 e. The van der Waals surface area contributed by atoms with Gasteiger partial charge in [-0.15, -0.1) is 11.3 Å². The van der Waals surface area contributed by atoms with E-state index in [4.69, 9.17) is 4.74 Å². The van der Waals surface area contributed by atoms with Gasteiger partial charge in [0.25, 0.3) is 0 Å². The van der Waals surface area contributed by atoms with E-state index in [9.17, 15) is 0 Å². The molecule has 0 saturated carbocycles. The van der Waals surface area contributed by atoms with Crippen LogP contribution in [-0.2, 0) is 6.54 Å². The second-order valence-corrected chi connectivity index (χ2v) is 7.37. The van der Waals surface area contributed by atoms with Gasteiger partial charge in [0.05, 0.1) is 23.7 Å². The van der Waals surface area contributed by atoms with Crippen molar-refractivity contribution in [3.63, 3.8) is 0 Å². The van der Waals surface area contributed by atoms with Crippen LogP contribution in [0.15, 0.2) is 72.8 Å². The van der Waals surface area contributed by atoms with Crippen LogP contribution in [0.25, 0.3) is 32.1 Å². The second-order valence-electron chi connectivity index (χ2n) is 6.43. The molecular weight excluding hydrogens is 354 g/mol. The standard InChI is InChI=1S/C22H17N3OS/c1-26-19-7-6-18-22(17-8-11-27-20(17)12-24-18)21(19)16-4-2-15(3-5-16)13-25-10-9-23-14-25/h2-12,14H,13H2,1H3. The molecule has 0 aliphatic heterocycles. The summed E-state index contributed by atoms with van der Waals surface area (Å²) in [6.07, 6.45) is 7.56. The number of pyridine rings is 1. The lowest BCUT2D eigenvalue weighted by atomic mass is 9.96. The fourth-order valence-electron chi connectivity index (χ4n) is 3.53. The molecule has 0 atom stereocenters. The van der Waals surface area contributed by atoms with Gasteiger partial charge < -0.3 is 9.30 Å². The molecule has 5 rings (SSSR count). The molecule has 3 heterocycles. The highest BCUT2D eigenvalue weighted by Gasteiger charge is 2.15. The Balaban J connectivity index is 1.68. The van der Waals surface area contributed by atoms with Gasteiger partial charge in [0.1, 0.15) is 5.75 Å². The van der Waals surface area contributed by atoms with Crippen LogP contribution in [0.2, 0.25) is 0 Å². The molecule has 5 aromatic rings. The van der Waals surface area contributed by atoms with Crippen molar-refractivity contribution in [2.24, 2.45) is 0 Å². The van der Waals surface area contributed by atoms with Gasteiger partial charge in [-0.2, -0.15) is 0 Å². The Kier molecular flexibility index (Phi) is 3.87. The van der Waals surface area contributed by atoms with Crippen molar-refractivity contribution in [2.45, 2.75) is 6.54 Å². The van der Waals surface area contributed by atoms with Gasteiger partial charge in [0.15, 0.2) is 0 Å². The number of methoxy groups -OCH3 is 1. The lowest BCUT2D eigenvalue weighted by molar-refractivity contribution is 0.417. The molecule has 0 fully saturated rings. The summed E-state index contributed by atoms with van der Waals surface area (Å²) in [5, 5.41) is 4.49. The Labute approximate surface area is 160 Å². The molecule has 0 bridgehead atoms. The summed E-state index contributed by atoms with van der Waals surface area (Å²) in [7, 11) is 1.72. The average Bonchev–Trinajstić information content (AvgIpc) is 3.39. The van der Waals surface area contributed by atoms with Crippen LogP contribution < -0.4 is 4.74 Å². The third-order valence-corrected chi connectivity index (χ3v) is 5.67. The number of nitrogens with zero attached hydrogens (tertiary/aromatic N) is 3. The van der Waals surface area contributed by atoms with Crippen LogP contribution in [0.3, 0.4) is 0 Å². The third kappa shape index (κ3) is 2.76. The highest BCUT2D eigenvalue weighted by atomic mass is 32.1. The Morgan fingerprint density at radius 3 is 2.74 bits per heavy atom. The van der Waals surface area contributed by atoms with E-state index in [-0.39, 0.29) is 0 Å². The Hall–Kier alpha value is -3.18. The van der Waals surface area contributed by atoms with Gasteiger partial charge in [-0.05, 0) is 34.7 Å². The van der Waals surface area contributed by atoms with Crippen LogP contribution in [0.1, 0.15) is 5.56 Å². The van der Waals surface area contributed by atoms with Crippen LogP contribution >= 0.6 is 11.3 Å². The van der Waals surface area contributed by atoms with E-state index in [1.165, 1.54) is 15.6 Å². The maximum absolute atomic E-state index is 5.71. The molecule has 0 saturated heterocycles. The Bertz CT molecular complexity index is 1220. The normalized spacial score (nSPS) is 11.3. The highest BCUT2D eigenvalue weighted by molar-refractivity contribution is 7.17. The van der Waals surface area contributed by atoms with E-state index >= 15 is 0 Å². The first-order chi connectivity index (χ1) is 13.3. The van der Waals surface area contributed by atoms with Gasteiger partial charge in [-0.3, -0.25) is 4.98 Å². The number of benzene rings is 2. The number of thiophene rings is 1. The lowest BCUT2D eigenvalue weighted by Crippen LogP contribution is -1.96. The largest absolute Gasteiger partial charge is 0.496 e. The monoisotopic (exact) mass is 371 g/mol. The van der Waals surface area contributed by atoms with E-state index in [0.717, 1.165) is 34.3 Å². The number of hydrogen-bond acceptors (Lipinski definition) is 4. The number of imidazole rings is 1. The van der Waals surface area contributed by atoms with E-state index in [1.807, 2.05) is 30.9 Å². The predicted molar refractivity (Wildman–Crippen MR) is 110 cm³/mol. The highest BCUT2D eigenvalue weighted by Crippen LogP contribution is 2.40. The van der Waals surface area contributed by atoms with Gasteiger partial charge in [-0.25, -0.2) is 4.98 Å². The molecule has 0 aliphatic carbocycles. The molecule has 0 aliphatic rings. The zero-order valence-electron chi connectivity index (χ0n) is 14.8. The molecular formula is C22H17N3OS. The van der Waals surface area contributed by atoms with Gasteiger partial charge in [0.2, 0.25) is 0 Å². The molecule has 0 spiro atoms. The molecule has 0 N–H and O–H groups in total. The maximum atomic E-state index is 5.71. The first kappa shape index (κ1) is 16.0. The number of rotatable bonds is 4. The summed E-state index contributed by atoms with van der Waals surface area (Å²) in [5.41, 5.74) is 4.45. The van der Waals surface area contributed by atoms with E-state index in [1.54, 1.807) is 24.6 Å². The smallest absolute Gasteiger partial charge is 0.127 e. The number of ether oxygens (including phenoxy) is 1. The molecule has 0 radical (unpaired) electrons. The minimum Gasteiger partial charge on any atom is -0.496 e. The summed E-state index contributed by atoms with van der Waals surface area (Å²) in [6.45, 7) is 0.809. The minimum atomic E-state index is 0.809. The summed E-state index contributed by atoms with van der Waals surface area (Å²) >= 11 is 1.71. The Morgan fingerprint density at radius 2 is 1.96 bits per heavy atom. The van der Waals surface area contributed by atoms with Crippen LogP contribution in [0, 0.1) is 0 Å². The first-order valence-corrected chi connectivity index (χ1v) is 9.59. The minimum absolute atomic E-state index is 0.809. The second kappa shape index (κ2) is 6.52. The lowest BCUT2D eigenvalue weighted by Gasteiger charge is -2.13. The van der Waals surface area contributed by atoms with E-state index < -0.39 is 0 Å². The van der Waals surface area contributed by atoms with Crippen LogP contribution in [0.4, 0.5) is 0 Å². The van der Waals surface area contributed by atoms with Crippen molar-refractivity contribution in [1.29, 1.82) is 0 Å².